The number of hydrogen-bond donors (Lipinski definition) is 1. The van der Waals surface area contributed by atoms with Crippen LogP contribution in [0, 0.1) is 5.82 Å². The Kier molecular flexibility index (Phi) is 4.65. The molecule has 0 spiro atoms. The summed E-state index contributed by atoms with van der Waals surface area (Å²) in [7, 11) is 0. The van der Waals surface area contributed by atoms with Crippen molar-refractivity contribution < 1.29 is 9.13 Å². The van der Waals surface area contributed by atoms with Crippen LogP contribution < -0.4 is 10.5 Å². The van der Waals surface area contributed by atoms with Crippen LogP contribution in [-0.2, 0) is 6.61 Å². The van der Waals surface area contributed by atoms with Gasteiger partial charge in [0.15, 0.2) is 0 Å². The number of nitrogens with two attached hydrogens (primary N) is 1. The maximum Gasteiger partial charge on any atom is 0.146 e. The second-order valence-electron chi connectivity index (χ2n) is 4.98. The molecule has 20 heavy (non-hydrogen) atoms. The molecule has 0 aliphatic carbocycles. The molecule has 2 aromatic rings. The van der Waals surface area contributed by atoms with E-state index in [0.717, 1.165) is 21.3 Å². The van der Waals surface area contributed by atoms with Crippen LogP contribution in [0.1, 0.15) is 30.9 Å². The van der Waals surface area contributed by atoms with Crippen molar-refractivity contribution in [3.05, 3.63) is 57.8 Å². The van der Waals surface area contributed by atoms with Gasteiger partial charge in [0.25, 0.3) is 0 Å². The lowest BCUT2D eigenvalue weighted by atomic mass is 10.0. The third kappa shape index (κ3) is 3.51. The van der Waals surface area contributed by atoms with E-state index in [1.807, 2.05) is 18.2 Å². The van der Waals surface area contributed by atoms with Crippen LogP contribution in [0.3, 0.4) is 0 Å². The zero-order chi connectivity index (χ0) is 14.7. The molecular weight excluding hydrogens is 321 g/mol. The van der Waals surface area contributed by atoms with Crippen molar-refractivity contribution in [1.82, 2.24) is 0 Å². The van der Waals surface area contributed by atoms with Gasteiger partial charge in [-0.25, -0.2) is 4.39 Å². The molecule has 0 aliphatic heterocycles. The Morgan fingerprint density at radius 2 is 1.95 bits per heavy atom. The summed E-state index contributed by atoms with van der Waals surface area (Å²) in [6, 6.07) is 10.6. The summed E-state index contributed by atoms with van der Waals surface area (Å²) < 4.78 is 20.2. The summed E-state index contributed by atoms with van der Waals surface area (Å²) in [6.45, 7) is 4.54. The van der Waals surface area contributed by atoms with Gasteiger partial charge in [-0.1, -0.05) is 35.8 Å². The van der Waals surface area contributed by atoms with E-state index in [9.17, 15) is 4.39 Å². The molecule has 0 saturated carbocycles. The lowest BCUT2D eigenvalue weighted by molar-refractivity contribution is 0.301. The van der Waals surface area contributed by atoms with Crippen LogP contribution in [0.5, 0.6) is 5.75 Å². The second kappa shape index (κ2) is 6.27. The minimum Gasteiger partial charge on any atom is -0.489 e. The highest BCUT2D eigenvalue weighted by Crippen LogP contribution is 2.30. The fourth-order valence-corrected chi connectivity index (χ4v) is 2.30. The molecule has 0 aliphatic rings. The van der Waals surface area contributed by atoms with Crippen molar-refractivity contribution in [3.63, 3.8) is 0 Å². The summed E-state index contributed by atoms with van der Waals surface area (Å²) >= 11 is 3.46. The highest BCUT2D eigenvalue weighted by molar-refractivity contribution is 9.10. The van der Waals surface area contributed by atoms with Crippen LogP contribution in [0.15, 0.2) is 40.9 Å². The number of ether oxygens (including phenoxy) is 1. The molecule has 0 heterocycles. The SMILES string of the molecule is CC(C)c1cc(Br)ccc1OCc1ccc(N)c(F)c1. The maximum atomic E-state index is 13.4. The molecule has 0 bridgehead atoms. The zero-order valence-corrected chi connectivity index (χ0v) is 13.1. The molecule has 106 valence electrons. The molecule has 2 aromatic carbocycles. The Bertz CT molecular complexity index is 613. The monoisotopic (exact) mass is 337 g/mol. The molecular formula is C16H17BrFNO. The van der Waals surface area contributed by atoms with Gasteiger partial charge in [0.05, 0.1) is 5.69 Å². The van der Waals surface area contributed by atoms with Gasteiger partial charge in [-0.05, 0) is 47.4 Å². The minimum atomic E-state index is -0.411. The molecule has 0 radical (unpaired) electrons. The fourth-order valence-electron chi connectivity index (χ4n) is 1.92. The summed E-state index contributed by atoms with van der Waals surface area (Å²) in [6.07, 6.45) is 0. The van der Waals surface area contributed by atoms with E-state index >= 15 is 0 Å². The number of benzene rings is 2. The molecule has 0 saturated heterocycles. The Morgan fingerprint density at radius 1 is 1.20 bits per heavy atom. The summed E-state index contributed by atoms with van der Waals surface area (Å²) in [5, 5.41) is 0. The first-order valence-electron chi connectivity index (χ1n) is 6.43. The molecule has 0 fully saturated rings. The predicted octanol–water partition coefficient (Wildman–Crippen LogP) is 4.87. The maximum absolute atomic E-state index is 13.4. The number of hydrogen-bond acceptors (Lipinski definition) is 2. The Morgan fingerprint density at radius 3 is 2.60 bits per heavy atom. The van der Waals surface area contributed by atoms with Gasteiger partial charge in [-0.15, -0.1) is 0 Å². The average molecular weight is 338 g/mol. The van der Waals surface area contributed by atoms with Gasteiger partial charge in [0.1, 0.15) is 18.2 Å². The van der Waals surface area contributed by atoms with Crippen molar-refractivity contribution in [2.45, 2.75) is 26.4 Å². The Hall–Kier alpha value is -1.55. The average Bonchev–Trinajstić information content (AvgIpc) is 2.41. The van der Waals surface area contributed by atoms with Crippen molar-refractivity contribution in [3.8, 4) is 5.75 Å². The van der Waals surface area contributed by atoms with Crippen LogP contribution in [0.4, 0.5) is 10.1 Å². The number of rotatable bonds is 4. The smallest absolute Gasteiger partial charge is 0.146 e. The van der Waals surface area contributed by atoms with Crippen LogP contribution in [-0.4, -0.2) is 0 Å². The summed E-state index contributed by atoms with van der Waals surface area (Å²) in [4.78, 5) is 0. The van der Waals surface area contributed by atoms with Crippen molar-refractivity contribution in [2.75, 3.05) is 5.73 Å². The lowest BCUT2D eigenvalue weighted by Crippen LogP contribution is -2.01. The first-order valence-corrected chi connectivity index (χ1v) is 7.23. The van der Waals surface area contributed by atoms with E-state index in [-0.39, 0.29) is 5.69 Å². The third-order valence-corrected chi connectivity index (χ3v) is 3.55. The summed E-state index contributed by atoms with van der Waals surface area (Å²) in [5.74, 6) is 0.761. The Labute approximate surface area is 126 Å². The number of anilines is 1. The van der Waals surface area contributed by atoms with Crippen molar-refractivity contribution >= 4 is 21.6 Å². The summed E-state index contributed by atoms with van der Waals surface area (Å²) in [5.41, 5.74) is 7.49. The first-order chi connectivity index (χ1) is 9.47. The molecule has 0 amide bonds. The van der Waals surface area contributed by atoms with Crippen molar-refractivity contribution in [1.29, 1.82) is 0 Å². The third-order valence-electron chi connectivity index (χ3n) is 3.05. The van der Waals surface area contributed by atoms with Gasteiger partial charge in [-0.2, -0.15) is 0 Å². The number of nitrogen functional groups attached to an aromatic ring is 1. The van der Waals surface area contributed by atoms with E-state index in [2.05, 4.69) is 29.8 Å². The lowest BCUT2D eigenvalue weighted by Gasteiger charge is -2.14. The molecule has 0 aromatic heterocycles. The van der Waals surface area contributed by atoms with Crippen molar-refractivity contribution in [2.24, 2.45) is 0 Å². The van der Waals surface area contributed by atoms with Gasteiger partial charge in [0.2, 0.25) is 0 Å². The molecule has 2 nitrogen and oxygen atoms in total. The van der Waals surface area contributed by atoms with E-state index in [0.29, 0.717) is 12.5 Å². The van der Waals surface area contributed by atoms with Gasteiger partial charge in [-0.3, -0.25) is 0 Å². The van der Waals surface area contributed by atoms with Crippen LogP contribution in [0.2, 0.25) is 0 Å². The van der Waals surface area contributed by atoms with Crippen LogP contribution >= 0.6 is 15.9 Å². The second-order valence-corrected chi connectivity index (χ2v) is 5.90. The largest absolute Gasteiger partial charge is 0.489 e. The molecule has 4 heteroatoms. The molecule has 2 N–H and O–H groups in total. The quantitative estimate of drug-likeness (QED) is 0.807. The standard InChI is InChI=1S/C16H17BrFNO/c1-10(2)13-8-12(17)4-6-16(13)20-9-11-3-5-15(19)14(18)7-11/h3-8,10H,9,19H2,1-2H3. The van der Waals surface area contributed by atoms with E-state index in [4.69, 9.17) is 10.5 Å². The van der Waals surface area contributed by atoms with Gasteiger partial charge >= 0.3 is 0 Å². The fraction of sp³-hybridized carbons (Fsp3) is 0.250. The molecule has 2 rings (SSSR count). The highest BCUT2D eigenvalue weighted by atomic mass is 79.9. The first kappa shape index (κ1) is 14.9. The molecule has 0 atom stereocenters. The Balaban J connectivity index is 2.16. The normalized spacial score (nSPS) is 10.8. The number of halogens is 2. The minimum absolute atomic E-state index is 0.153. The predicted molar refractivity (Wildman–Crippen MR) is 83.4 cm³/mol. The van der Waals surface area contributed by atoms with E-state index < -0.39 is 5.82 Å². The topological polar surface area (TPSA) is 35.2 Å². The van der Waals surface area contributed by atoms with Crippen LogP contribution in [0.25, 0.3) is 0 Å². The van der Waals surface area contributed by atoms with E-state index in [1.54, 1.807) is 12.1 Å². The van der Waals surface area contributed by atoms with Gasteiger partial charge < -0.3 is 10.5 Å². The van der Waals surface area contributed by atoms with Gasteiger partial charge in [0, 0.05) is 4.47 Å². The highest BCUT2D eigenvalue weighted by Gasteiger charge is 2.09. The zero-order valence-electron chi connectivity index (χ0n) is 11.5. The van der Waals surface area contributed by atoms with E-state index in [1.165, 1.54) is 6.07 Å². The molecule has 0 unspecified atom stereocenters.